The number of nitrogens with zero attached hydrogens (tertiary/aromatic N) is 2. The summed E-state index contributed by atoms with van der Waals surface area (Å²) in [6, 6.07) is 1.85. The molecule has 2 N–H and O–H groups in total. The summed E-state index contributed by atoms with van der Waals surface area (Å²) >= 11 is 3.38. The van der Waals surface area contributed by atoms with Gasteiger partial charge in [0.1, 0.15) is 16.2 Å². The van der Waals surface area contributed by atoms with Crippen molar-refractivity contribution in [2.24, 2.45) is 0 Å². The normalized spacial score (nSPS) is 17.6. The zero-order chi connectivity index (χ0) is 11.8. The van der Waals surface area contributed by atoms with Gasteiger partial charge in [-0.15, -0.1) is 0 Å². The molecule has 2 rings (SSSR count). The van der Waals surface area contributed by atoms with Gasteiger partial charge in [0.2, 0.25) is 0 Å². The van der Waals surface area contributed by atoms with Crippen molar-refractivity contribution in [3.8, 4) is 0 Å². The van der Waals surface area contributed by atoms with Crippen molar-refractivity contribution in [1.82, 2.24) is 9.97 Å². The number of aliphatic hydroxyl groups is 1. The first-order valence-electron chi connectivity index (χ1n) is 5.48. The Morgan fingerprint density at radius 3 is 2.69 bits per heavy atom. The van der Waals surface area contributed by atoms with Crippen molar-refractivity contribution in [3.05, 3.63) is 16.5 Å². The van der Waals surface area contributed by atoms with Crippen LogP contribution in [0.1, 0.15) is 38.4 Å². The van der Waals surface area contributed by atoms with Crippen LogP contribution in [0.25, 0.3) is 0 Å². The Kier molecular flexibility index (Phi) is 3.17. The van der Waals surface area contributed by atoms with E-state index in [1.54, 1.807) is 0 Å². The summed E-state index contributed by atoms with van der Waals surface area (Å²) in [7, 11) is 0. The molecule has 4 nitrogen and oxygen atoms in total. The van der Waals surface area contributed by atoms with Gasteiger partial charge in [-0.1, -0.05) is 13.8 Å². The van der Waals surface area contributed by atoms with Gasteiger partial charge in [-0.2, -0.15) is 0 Å². The Bertz CT molecular complexity index is 391. The maximum absolute atomic E-state index is 9.25. The monoisotopic (exact) mass is 285 g/mol. The molecule has 1 aliphatic rings. The SMILES string of the molecule is CC(C)c1nc(Br)cc(NC2(CO)CC2)n1. The predicted octanol–water partition coefficient (Wildman–Crippen LogP) is 2.30. The minimum absolute atomic E-state index is 0.137. The van der Waals surface area contributed by atoms with E-state index in [4.69, 9.17) is 0 Å². The molecule has 16 heavy (non-hydrogen) atoms. The van der Waals surface area contributed by atoms with Crippen LogP contribution in [0.5, 0.6) is 0 Å². The Hall–Kier alpha value is -0.680. The molecule has 1 aromatic rings. The highest BCUT2D eigenvalue weighted by molar-refractivity contribution is 9.10. The third-order valence-corrected chi connectivity index (χ3v) is 3.18. The van der Waals surface area contributed by atoms with Gasteiger partial charge in [0.25, 0.3) is 0 Å². The lowest BCUT2D eigenvalue weighted by molar-refractivity contribution is 0.266. The number of aromatic nitrogens is 2. The lowest BCUT2D eigenvalue weighted by Crippen LogP contribution is -2.26. The van der Waals surface area contributed by atoms with Crippen LogP contribution in [0.3, 0.4) is 0 Å². The highest BCUT2D eigenvalue weighted by Crippen LogP contribution is 2.38. The standard InChI is InChI=1S/C11H16BrN3O/c1-7(2)10-13-8(12)5-9(14-10)15-11(6-16)3-4-11/h5,7,16H,3-4,6H2,1-2H3,(H,13,14,15). The second-order valence-corrected chi connectivity index (χ2v) is 5.46. The number of hydrogen-bond donors (Lipinski definition) is 2. The Morgan fingerprint density at radius 2 is 2.19 bits per heavy atom. The lowest BCUT2D eigenvalue weighted by atomic mass is 10.2. The lowest BCUT2D eigenvalue weighted by Gasteiger charge is -2.16. The summed E-state index contributed by atoms with van der Waals surface area (Å²) < 4.78 is 0.780. The summed E-state index contributed by atoms with van der Waals surface area (Å²) in [5.41, 5.74) is -0.137. The minimum Gasteiger partial charge on any atom is -0.394 e. The van der Waals surface area contributed by atoms with E-state index in [1.807, 2.05) is 6.07 Å². The quantitative estimate of drug-likeness (QED) is 0.834. The first kappa shape index (κ1) is 11.8. The molecular formula is C11H16BrN3O. The van der Waals surface area contributed by atoms with Gasteiger partial charge in [-0.25, -0.2) is 9.97 Å². The molecule has 1 fully saturated rings. The average Bonchev–Trinajstić information content (AvgIpc) is 2.97. The highest BCUT2D eigenvalue weighted by Gasteiger charge is 2.42. The Balaban J connectivity index is 2.21. The van der Waals surface area contributed by atoms with E-state index in [0.717, 1.165) is 29.1 Å². The maximum Gasteiger partial charge on any atom is 0.134 e. The van der Waals surface area contributed by atoms with E-state index >= 15 is 0 Å². The second kappa shape index (κ2) is 4.30. The summed E-state index contributed by atoms with van der Waals surface area (Å²) in [4.78, 5) is 8.76. The fraction of sp³-hybridized carbons (Fsp3) is 0.636. The number of halogens is 1. The van der Waals surface area contributed by atoms with Gasteiger partial charge in [-0.3, -0.25) is 0 Å². The van der Waals surface area contributed by atoms with Crippen LogP contribution >= 0.6 is 15.9 Å². The predicted molar refractivity (Wildman–Crippen MR) is 66.5 cm³/mol. The molecule has 0 bridgehead atoms. The first-order valence-corrected chi connectivity index (χ1v) is 6.27. The molecule has 0 unspecified atom stereocenters. The average molecular weight is 286 g/mol. The molecule has 0 saturated heterocycles. The van der Waals surface area contributed by atoms with Crippen LogP contribution in [0.15, 0.2) is 10.7 Å². The zero-order valence-electron chi connectivity index (χ0n) is 9.50. The van der Waals surface area contributed by atoms with Gasteiger partial charge >= 0.3 is 0 Å². The highest BCUT2D eigenvalue weighted by atomic mass is 79.9. The molecular weight excluding hydrogens is 270 g/mol. The summed E-state index contributed by atoms with van der Waals surface area (Å²) in [6.45, 7) is 4.28. The van der Waals surface area contributed by atoms with Crippen LogP contribution in [0, 0.1) is 0 Å². The summed E-state index contributed by atoms with van der Waals surface area (Å²) in [6.07, 6.45) is 2.00. The van der Waals surface area contributed by atoms with Crippen molar-refractivity contribution in [3.63, 3.8) is 0 Å². The molecule has 0 aliphatic heterocycles. The third-order valence-electron chi connectivity index (χ3n) is 2.78. The molecule has 0 amide bonds. The smallest absolute Gasteiger partial charge is 0.134 e. The van der Waals surface area contributed by atoms with Crippen LogP contribution in [-0.4, -0.2) is 27.2 Å². The third kappa shape index (κ3) is 2.52. The summed E-state index contributed by atoms with van der Waals surface area (Å²) in [5, 5.41) is 12.5. The molecule has 0 radical (unpaired) electrons. The van der Waals surface area contributed by atoms with Crippen LogP contribution in [0.4, 0.5) is 5.82 Å². The molecule has 0 aromatic carbocycles. The van der Waals surface area contributed by atoms with Crippen LogP contribution in [-0.2, 0) is 0 Å². The number of hydrogen-bond acceptors (Lipinski definition) is 4. The van der Waals surface area contributed by atoms with Crippen LogP contribution in [0.2, 0.25) is 0 Å². The first-order chi connectivity index (χ1) is 7.54. The van der Waals surface area contributed by atoms with Crippen molar-refractivity contribution in [2.45, 2.75) is 38.1 Å². The van der Waals surface area contributed by atoms with Crippen molar-refractivity contribution in [2.75, 3.05) is 11.9 Å². The van der Waals surface area contributed by atoms with Gasteiger partial charge in [0.15, 0.2) is 0 Å². The fourth-order valence-electron chi connectivity index (χ4n) is 1.50. The molecule has 1 heterocycles. The zero-order valence-corrected chi connectivity index (χ0v) is 11.1. The fourth-order valence-corrected chi connectivity index (χ4v) is 1.90. The van der Waals surface area contributed by atoms with E-state index < -0.39 is 0 Å². The van der Waals surface area contributed by atoms with E-state index in [9.17, 15) is 5.11 Å². The van der Waals surface area contributed by atoms with Crippen molar-refractivity contribution in [1.29, 1.82) is 0 Å². The minimum atomic E-state index is -0.137. The van der Waals surface area contributed by atoms with E-state index in [-0.39, 0.29) is 12.1 Å². The van der Waals surface area contributed by atoms with Crippen LogP contribution < -0.4 is 5.32 Å². The molecule has 0 spiro atoms. The molecule has 5 heteroatoms. The van der Waals surface area contributed by atoms with Gasteiger partial charge in [0.05, 0.1) is 12.1 Å². The van der Waals surface area contributed by atoms with Gasteiger partial charge in [0, 0.05) is 12.0 Å². The largest absolute Gasteiger partial charge is 0.394 e. The number of nitrogens with one attached hydrogen (secondary N) is 1. The summed E-state index contributed by atoms with van der Waals surface area (Å²) in [5.74, 6) is 1.89. The number of anilines is 1. The van der Waals surface area contributed by atoms with Gasteiger partial charge in [-0.05, 0) is 28.8 Å². The molecule has 1 aliphatic carbocycles. The van der Waals surface area contributed by atoms with E-state index in [1.165, 1.54) is 0 Å². The molecule has 1 saturated carbocycles. The molecule has 88 valence electrons. The second-order valence-electron chi connectivity index (χ2n) is 4.65. The van der Waals surface area contributed by atoms with Crippen molar-refractivity contribution < 1.29 is 5.11 Å². The Morgan fingerprint density at radius 1 is 1.50 bits per heavy atom. The Labute approximate surface area is 104 Å². The number of rotatable bonds is 4. The van der Waals surface area contributed by atoms with E-state index in [0.29, 0.717) is 5.92 Å². The topological polar surface area (TPSA) is 58.0 Å². The van der Waals surface area contributed by atoms with Gasteiger partial charge < -0.3 is 10.4 Å². The maximum atomic E-state index is 9.25. The van der Waals surface area contributed by atoms with Crippen molar-refractivity contribution >= 4 is 21.7 Å². The molecule has 1 aromatic heterocycles. The molecule has 0 atom stereocenters. The number of aliphatic hydroxyl groups excluding tert-OH is 1. The van der Waals surface area contributed by atoms with E-state index in [2.05, 4.69) is 45.1 Å².